The van der Waals surface area contributed by atoms with Gasteiger partial charge in [-0.25, -0.2) is 0 Å². The summed E-state index contributed by atoms with van der Waals surface area (Å²) in [6, 6.07) is 2.15. The summed E-state index contributed by atoms with van der Waals surface area (Å²) in [6.45, 7) is 7.18. The van der Waals surface area contributed by atoms with E-state index in [1.54, 1.807) is 6.92 Å². The molecule has 2 atom stereocenters. The molecule has 0 radical (unpaired) electrons. The Labute approximate surface area is 109 Å². The molecule has 0 aromatic carbocycles. The van der Waals surface area contributed by atoms with Gasteiger partial charge >= 0.3 is 0 Å². The third-order valence-electron chi connectivity index (χ3n) is 3.63. The summed E-state index contributed by atoms with van der Waals surface area (Å²) in [6.07, 6.45) is 1.38. The van der Waals surface area contributed by atoms with Crippen molar-refractivity contribution in [1.82, 2.24) is 10.2 Å². The van der Waals surface area contributed by atoms with Gasteiger partial charge in [-0.15, -0.1) is 0 Å². The molecule has 2 N–H and O–H groups in total. The van der Waals surface area contributed by atoms with Crippen LogP contribution < -0.4 is 5.32 Å². The van der Waals surface area contributed by atoms with Crippen LogP contribution in [0.1, 0.15) is 33.6 Å². The number of nitrogens with zero attached hydrogens (tertiary/aromatic N) is 2. The first-order valence-electron chi connectivity index (χ1n) is 6.50. The van der Waals surface area contributed by atoms with Gasteiger partial charge in [0.15, 0.2) is 0 Å². The maximum absolute atomic E-state index is 11.9. The molecule has 102 valence electrons. The van der Waals surface area contributed by atoms with Crippen molar-refractivity contribution >= 4 is 5.91 Å². The molecular formula is C13H23N3O2. The molecule has 1 saturated heterocycles. The van der Waals surface area contributed by atoms with E-state index in [1.165, 1.54) is 0 Å². The lowest BCUT2D eigenvalue weighted by Gasteiger charge is -2.32. The van der Waals surface area contributed by atoms with Crippen molar-refractivity contribution in [3.8, 4) is 6.07 Å². The number of β-amino-alcohol motifs (C(OH)–C–C–N with tert-alkyl or cyclic N) is 1. The molecule has 1 rings (SSSR count). The zero-order valence-corrected chi connectivity index (χ0v) is 11.4. The molecule has 1 heterocycles. The normalized spacial score (nSPS) is 24.3. The maximum Gasteiger partial charge on any atom is 0.235 e. The molecule has 5 heteroatoms. The van der Waals surface area contributed by atoms with Crippen molar-refractivity contribution < 1.29 is 9.90 Å². The van der Waals surface area contributed by atoms with Gasteiger partial charge < -0.3 is 10.4 Å². The number of aliphatic hydroxyl groups is 1. The molecule has 0 unspecified atom stereocenters. The standard InChI is InChI=1S/C13H23N3O2/c1-10(2)13(3,9-14)15-12(18)8-16-6-4-5-11(17)7-16/h10-11,17H,4-8H2,1-3H3,(H,15,18)/t11-,13-/m1/s1. The van der Waals surface area contributed by atoms with Gasteiger partial charge in [0.2, 0.25) is 5.91 Å². The van der Waals surface area contributed by atoms with E-state index in [2.05, 4.69) is 11.4 Å². The van der Waals surface area contributed by atoms with Gasteiger partial charge in [0.25, 0.3) is 0 Å². The van der Waals surface area contributed by atoms with E-state index >= 15 is 0 Å². The number of aliphatic hydroxyl groups excluding tert-OH is 1. The average molecular weight is 253 g/mol. The number of piperidine rings is 1. The van der Waals surface area contributed by atoms with Crippen molar-refractivity contribution in [3.63, 3.8) is 0 Å². The number of hydrogen-bond acceptors (Lipinski definition) is 4. The van der Waals surface area contributed by atoms with Crippen LogP contribution in [-0.2, 0) is 4.79 Å². The zero-order chi connectivity index (χ0) is 13.8. The molecule has 1 aliphatic heterocycles. The summed E-state index contributed by atoms with van der Waals surface area (Å²) in [5, 5.41) is 21.4. The molecule has 0 bridgehead atoms. The van der Waals surface area contributed by atoms with Gasteiger partial charge in [0.05, 0.1) is 18.7 Å². The molecular weight excluding hydrogens is 230 g/mol. The van der Waals surface area contributed by atoms with Crippen LogP contribution in [0.5, 0.6) is 0 Å². The Bertz CT molecular complexity index is 338. The maximum atomic E-state index is 11.9. The molecule has 5 nitrogen and oxygen atoms in total. The van der Waals surface area contributed by atoms with E-state index in [1.807, 2.05) is 18.7 Å². The van der Waals surface area contributed by atoms with Crippen molar-refractivity contribution in [3.05, 3.63) is 0 Å². The van der Waals surface area contributed by atoms with Crippen LogP contribution in [0.15, 0.2) is 0 Å². The highest BCUT2D eigenvalue weighted by molar-refractivity contribution is 5.79. The quantitative estimate of drug-likeness (QED) is 0.765. The third-order valence-corrected chi connectivity index (χ3v) is 3.63. The number of hydrogen-bond donors (Lipinski definition) is 2. The van der Waals surface area contributed by atoms with Crippen LogP contribution in [0.3, 0.4) is 0 Å². The lowest BCUT2D eigenvalue weighted by molar-refractivity contribution is -0.124. The lowest BCUT2D eigenvalue weighted by Crippen LogP contribution is -2.53. The predicted molar refractivity (Wildman–Crippen MR) is 68.7 cm³/mol. The summed E-state index contributed by atoms with van der Waals surface area (Å²) >= 11 is 0. The van der Waals surface area contributed by atoms with Crippen LogP contribution in [-0.4, -0.2) is 47.2 Å². The minimum atomic E-state index is -0.828. The van der Waals surface area contributed by atoms with Gasteiger partial charge in [-0.05, 0) is 32.2 Å². The molecule has 0 aromatic heterocycles. The molecule has 0 aromatic rings. The molecule has 1 aliphatic rings. The molecule has 0 spiro atoms. The molecule has 1 amide bonds. The summed E-state index contributed by atoms with van der Waals surface area (Å²) < 4.78 is 0. The molecule has 0 aliphatic carbocycles. The average Bonchev–Trinajstić information content (AvgIpc) is 2.28. The number of nitrogens with one attached hydrogen (secondary N) is 1. The fourth-order valence-electron chi connectivity index (χ4n) is 2.01. The van der Waals surface area contributed by atoms with E-state index in [4.69, 9.17) is 5.26 Å². The first-order chi connectivity index (χ1) is 8.37. The van der Waals surface area contributed by atoms with E-state index in [-0.39, 0.29) is 24.5 Å². The largest absolute Gasteiger partial charge is 0.392 e. The Morgan fingerprint density at radius 2 is 2.33 bits per heavy atom. The Morgan fingerprint density at radius 1 is 1.67 bits per heavy atom. The second kappa shape index (κ2) is 6.17. The van der Waals surface area contributed by atoms with Crippen LogP contribution in [0, 0.1) is 17.2 Å². The topological polar surface area (TPSA) is 76.4 Å². The first kappa shape index (κ1) is 14.9. The van der Waals surface area contributed by atoms with Crippen molar-refractivity contribution in [2.75, 3.05) is 19.6 Å². The minimum absolute atomic E-state index is 0.0541. The second-order valence-electron chi connectivity index (χ2n) is 5.55. The van der Waals surface area contributed by atoms with Crippen LogP contribution in [0.2, 0.25) is 0 Å². The van der Waals surface area contributed by atoms with Gasteiger partial charge in [-0.3, -0.25) is 9.69 Å². The molecule has 0 saturated carbocycles. The lowest BCUT2D eigenvalue weighted by atomic mass is 9.90. The zero-order valence-electron chi connectivity index (χ0n) is 11.4. The minimum Gasteiger partial charge on any atom is -0.392 e. The van der Waals surface area contributed by atoms with Gasteiger partial charge in [0.1, 0.15) is 5.54 Å². The van der Waals surface area contributed by atoms with Gasteiger partial charge in [0, 0.05) is 6.54 Å². The number of carbonyl (C=O) groups is 1. The van der Waals surface area contributed by atoms with Crippen LogP contribution in [0.4, 0.5) is 0 Å². The van der Waals surface area contributed by atoms with Crippen LogP contribution in [0.25, 0.3) is 0 Å². The van der Waals surface area contributed by atoms with E-state index < -0.39 is 5.54 Å². The van der Waals surface area contributed by atoms with Gasteiger partial charge in [-0.1, -0.05) is 13.8 Å². The first-order valence-corrected chi connectivity index (χ1v) is 6.50. The number of likely N-dealkylation sites (tertiary alicyclic amines) is 1. The monoisotopic (exact) mass is 253 g/mol. The summed E-state index contributed by atoms with van der Waals surface area (Å²) in [5.41, 5.74) is -0.828. The van der Waals surface area contributed by atoms with E-state index in [0.717, 1.165) is 19.4 Å². The summed E-state index contributed by atoms with van der Waals surface area (Å²) in [7, 11) is 0. The number of nitriles is 1. The fraction of sp³-hybridized carbons (Fsp3) is 0.846. The third kappa shape index (κ3) is 3.97. The smallest absolute Gasteiger partial charge is 0.235 e. The highest BCUT2D eigenvalue weighted by Crippen LogP contribution is 2.15. The van der Waals surface area contributed by atoms with Crippen LogP contribution >= 0.6 is 0 Å². The highest BCUT2D eigenvalue weighted by Gasteiger charge is 2.30. The number of carbonyl (C=O) groups excluding carboxylic acids is 1. The Kier molecular flexibility index (Phi) is 5.12. The Morgan fingerprint density at radius 3 is 2.83 bits per heavy atom. The van der Waals surface area contributed by atoms with Crippen molar-refractivity contribution in [1.29, 1.82) is 5.26 Å². The van der Waals surface area contributed by atoms with Gasteiger partial charge in [-0.2, -0.15) is 5.26 Å². The summed E-state index contributed by atoms with van der Waals surface area (Å²) in [4.78, 5) is 13.8. The second-order valence-corrected chi connectivity index (χ2v) is 5.55. The molecule has 1 fully saturated rings. The number of rotatable bonds is 4. The van der Waals surface area contributed by atoms with Crippen molar-refractivity contribution in [2.45, 2.75) is 45.3 Å². The molecule has 18 heavy (non-hydrogen) atoms. The van der Waals surface area contributed by atoms with E-state index in [9.17, 15) is 9.90 Å². The predicted octanol–water partition coefficient (Wildman–Crippen LogP) is 0.498. The van der Waals surface area contributed by atoms with Crippen molar-refractivity contribution in [2.24, 2.45) is 5.92 Å². The summed E-state index contributed by atoms with van der Waals surface area (Å²) in [5.74, 6) is -0.0970. The highest BCUT2D eigenvalue weighted by atomic mass is 16.3. The Hall–Kier alpha value is -1.12. The SMILES string of the molecule is CC(C)[C@@](C)(C#N)NC(=O)CN1CCC[C@@H](O)C1. The number of amides is 1. The fourth-order valence-corrected chi connectivity index (χ4v) is 2.01. The Balaban J connectivity index is 2.48. The van der Waals surface area contributed by atoms with E-state index in [0.29, 0.717) is 6.54 Å².